The maximum Gasteiger partial charge on any atom is 0.253 e. The van der Waals surface area contributed by atoms with Crippen LogP contribution in [-0.2, 0) is 9.47 Å². The van der Waals surface area contributed by atoms with Crippen LogP contribution in [-0.4, -0.2) is 51.3 Å². The number of nitrogens with two attached hydrogens (primary N) is 1. The van der Waals surface area contributed by atoms with Gasteiger partial charge in [-0.25, -0.2) is 0 Å². The fraction of sp³-hybridized carbons (Fsp3) is 0.500. The number of rotatable bonds is 8. The molecule has 0 aliphatic carbocycles. The van der Waals surface area contributed by atoms with Gasteiger partial charge in [0.2, 0.25) is 0 Å². The van der Waals surface area contributed by atoms with Crippen LogP contribution in [0.2, 0.25) is 0 Å². The monoisotopic (exact) mass is 266 g/mol. The zero-order valence-electron chi connectivity index (χ0n) is 11.6. The number of nitrogen functional groups attached to an aromatic ring is 1. The van der Waals surface area contributed by atoms with Crippen molar-refractivity contribution in [3.63, 3.8) is 0 Å². The number of methoxy groups -OCH3 is 2. The Morgan fingerprint density at radius 1 is 1.11 bits per heavy atom. The highest BCUT2D eigenvalue weighted by molar-refractivity contribution is 5.94. The lowest BCUT2D eigenvalue weighted by atomic mass is 10.2. The molecule has 0 bridgehead atoms. The number of anilines is 1. The van der Waals surface area contributed by atoms with Gasteiger partial charge in [0.25, 0.3) is 5.91 Å². The summed E-state index contributed by atoms with van der Waals surface area (Å²) in [6.07, 6.45) is 0.806. The van der Waals surface area contributed by atoms with Gasteiger partial charge in [-0.2, -0.15) is 0 Å². The van der Waals surface area contributed by atoms with Gasteiger partial charge in [-0.15, -0.1) is 0 Å². The standard InChI is InChI=1S/C14H22N2O3/c1-18-10-3-8-16(9-11-19-2)14(17)12-4-6-13(15)7-5-12/h4-7H,3,8-11,15H2,1-2H3. The molecule has 0 aliphatic heterocycles. The number of ether oxygens (including phenoxy) is 2. The molecule has 0 fully saturated rings. The number of benzene rings is 1. The Kier molecular flexibility index (Phi) is 6.92. The van der Waals surface area contributed by atoms with Crippen LogP contribution in [0.25, 0.3) is 0 Å². The van der Waals surface area contributed by atoms with E-state index in [4.69, 9.17) is 15.2 Å². The normalized spacial score (nSPS) is 10.4. The largest absolute Gasteiger partial charge is 0.399 e. The number of carbonyl (C=O) groups excluding carboxylic acids is 1. The summed E-state index contributed by atoms with van der Waals surface area (Å²) in [5.74, 6) is -0.00634. The second kappa shape index (κ2) is 8.50. The number of nitrogens with zero attached hydrogens (tertiary/aromatic N) is 1. The van der Waals surface area contributed by atoms with Crippen molar-refractivity contribution in [1.82, 2.24) is 4.90 Å². The highest BCUT2D eigenvalue weighted by Crippen LogP contribution is 2.09. The predicted molar refractivity (Wildman–Crippen MR) is 75.1 cm³/mol. The third-order valence-corrected chi connectivity index (χ3v) is 2.79. The number of amides is 1. The third-order valence-electron chi connectivity index (χ3n) is 2.79. The van der Waals surface area contributed by atoms with Crippen molar-refractivity contribution in [3.05, 3.63) is 29.8 Å². The molecule has 0 aromatic heterocycles. The molecule has 0 atom stereocenters. The lowest BCUT2D eigenvalue weighted by Crippen LogP contribution is -2.35. The maximum absolute atomic E-state index is 12.3. The Morgan fingerprint density at radius 2 is 1.74 bits per heavy atom. The molecule has 1 aromatic carbocycles. The zero-order valence-corrected chi connectivity index (χ0v) is 11.6. The molecule has 2 N–H and O–H groups in total. The van der Waals surface area contributed by atoms with Gasteiger partial charge in [-0.3, -0.25) is 4.79 Å². The molecule has 5 heteroatoms. The molecule has 1 amide bonds. The minimum absolute atomic E-state index is 0.00634. The van der Waals surface area contributed by atoms with Gasteiger partial charge in [0.1, 0.15) is 0 Å². The molecule has 19 heavy (non-hydrogen) atoms. The molecule has 0 aliphatic rings. The minimum atomic E-state index is -0.00634. The molecule has 0 spiro atoms. The van der Waals surface area contributed by atoms with Crippen molar-refractivity contribution < 1.29 is 14.3 Å². The van der Waals surface area contributed by atoms with Gasteiger partial charge in [0.15, 0.2) is 0 Å². The molecular formula is C14H22N2O3. The van der Waals surface area contributed by atoms with E-state index in [9.17, 15) is 4.79 Å². The van der Waals surface area contributed by atoms with Crippen LogP contribution in [0, 0.1) is 0 Å². The Labute approximate surface area is 114 Å². The topological polar surface area (TPSA) is 64.8 Å². The van der Waals surface area contributed by atoms with Crippen molar-refractivity contribution in [2.24, 2.45) is 0 Å². The number of hydrogen-bond acceptors (Lipinski definition) is 4. The Morgan fingerprint density at radius 3 is 2.32 bits per heavy atom. The van der Waals surface area contributed by atoms with Gasteiger partial charge in [-0.1, -0.05) is 0 Å². The number of carbonyl (C=O) groups is 1. The van der Waals surface area contributed by atoms with Crippen LogP contribution in [0.1, 0.15) is 16.8 Å². The van der Waals surface area contributed by atoms with Crippen molar-refractivity contribution in [2.75, 3.05) is 46.3 Å². The number of hydrogen-bond donors (Lipinski definition) is 1. The SMILES string of the molecule is COCCCN(CCOC)C(=O)c1ccc(N)cc1. The summed E-state index contributed by atoms with van der Waals surface area (Å²) in [4.78, 5) is 14.1. The van der Waals surface area contributed by atoms with E-state index in [1.807, 2.05) is 0 Å². The van der Waals surface area contributed by atoms with E-state index in [1.54, 1.807) is 43.4 Å². The van der Waals surface area contributed by atoms with Crippen LogP contribution in [0.4, 0.5) is 5.69 Å². The van der Waals surface area contributed by atoms with E-state index in [-0.39, 0.29) is 5.91 Å². The minimum Gasteiger partial charge on any atom is -0.399 e. The van der Waals surface area contributed by atoms with Crippen LogP contribution in [0.3, 0.4) is 0 Å². The molecule has 0 unspecified atom stereocenters. The van der Waals surface area contributed by atoms with Crippen LogP contribution in [0.15, 0.2) is 24.3 Å². The zero-order chi connectivity index (χ0) is 14.1. The second-order valence-electron chi connectivity index (χ2n) is 4.25. The van der Waals surface area contributed by atoms with Crippen molar-refractivity contribution in [1.29, 1.82) is 0 Å². The van der Waals surface area contributed by atoms with Gasteiger partial charge < -0.3 is 20.1 Å². The molecule has 0 saturated carbocycles. The molecule has 0 saturated heterocycles. The Hall–Kier alpha value is -1.59. The summed E-state index contributed by atoms with van der Waals surface area (Å²) in [6.45, 7) is 2.38. The molecule has 1 rings (SSSR count). The summed E-state index contributed by atoms with van der Waals surface area (Å²) in [5.41, 5.74) is 6.91. The van der Waals surface area contributed by atoms with Gasteiger partial charge in [-0.05, 0) is 30.7 Å². The lowest BCUT2D eigenvalue weighted by Gasteiger charge is -2.22. The molecule has 0 radical (unpaired) electrons. The van der Waals surface area contributed by atoms with Gasteiger partial charge in [0, 0.05) is 45.2 Å². The first-order valence-corrected chi connectivity index (χ1v) is 6.31. The highest BCUT2D eigenvalue weighted by atomic mass is 16.5. The predicted octanol–water partition coefficient (Wildman–Crippen LogP) is 1.39. The Balaban J connectivity index is 2.66. The highest BCUT2D eigenvalue weighted by Gasteiger charge is 2.14. The fourth-order valence-electron chi connectivity index (χ4n) is 1.72. The van der Waals surface area contributed by atoms with E-state index in [0.717, 1.165) is 6.42 Å². The van der Waals surface area contributed by atoms with Crippen LogP contribution in [0.5, 0.6) is 0 Å². The van der Waals surface area contributed by atoms with Crippen molar-refractivity contribution >= 4 is 11.6 Å². The first kappa shape index (κ1) is 15.5. The average Bonchev–Trinajstić information content (AvgIpc) is 2.43. The summed E-state index contributed by atoms with van der Waals surface area (Å²) >= 11 is 0. The first-order valence-electron chi connectivity index (χ1n) is 6.31. The molecule has 1 aromatic rings. The van der Waals surface area contributed by atoms with E-state index in [2.05, 4.69) is 0 Å². The lowest BCUT2D eigenvalue weighted by molar-refractivity contribution is 0.0674. The third kappa shape index (κ3) is 5.28. The van der Waals surface area contributed by atoms with Gasteiger partial charge in [0.05, 0.1) is 6.61 Å². The van der Waals surface area contributed by atoms with E-state index < -0.39 is 0 Å². The fourth-order valence-corrected chi connectivity index (χ4v) is 1.72. The van der Waals surface area contributed by atoms with Crippen molar-refractivity contribution in [2.45, 2.75) is 6.42 Å². The summed E-state index contributed by atoms with van der Waals surface area (Å²) in [6, 6.07) is 6.95. The second-order valence-corrected chi connectivity index (χ2v) is 4.25. The van der Waals surface area contributed by atoms with Crippen molar-refractivity contribution in [3.8, 4) is 0 Å². The van der Waals surface area contributed by atoms with E-state index in [0.29, 0.717) is 37.6 Å². The molecule has 5 nitrogen and oxygen atoms in total. The molecular weight excluding hydrogens is 244 g/mol. The quantitative estimate of drug-likeness (QED) is 0.570. The summed E-state index contributed by atoms with van der Waals surface area (Å²) < 4.78 is 10.1. The summed E-state index contributed by atoms with van der Waals surface area (Å²) in [7, 11) is 3.28. The maximum atomic E-state index is 12.3. The Bertz CT molecular complexity index is 379. The van der Waals surface area contributed by atoms with Crippen LogP contribution >= 0.6 is 0 Å². The average molecular weight is 266 g/mol. The van der Waals surface area contributed by atoms with E-state index >= 15 is 0 Å². The van der Waals surface area contributed by atoms with Gasteiger partial charge >= 0.3 is 0 Å². The summed E-state index contributed by atoms with van der Waals surface area (Å²) in [5, 5.41) is 0. The first-order chi connectivity index (χ1) is 9.19. The van der Waals surface area contributed by atoms with Crippen LogP contribution < -0.4 is 5.73 Å². The van der Waals surface area contributed by atoms with E-state index in [1.165, 1.54) is 0 Å². The molecule has 106 valence electrons. The molecule has 0 heterocycles. The smallest absolute Gasteiger partial charge is 0.253 e.